The van der Waals surface area contributed by atoms with Crippen LogP contribution in [0.2, 0.25) is 0 Å². The lowest BCUT2D eigenvalue weighted by molar-refractivity contribution is 1.40. The van der Waals surface area contributed by atoms with Crippen LogP contribution < -0.4 is 0 Å². The van der Waals surface area contributed by atoms with Gasteiger partial charge in [-0.2, -0.15) is 0 Å². The largest absolute Gasteiger partial charge is 0.254 e. The second-order valence-electron chi connectivity index (χ2n) is 2.03. The van der Waals surface area contributed by atoms with Crippen molar-refractivity contribution in [1.29, 1.82) is 0 Å². The predicted molar refractivity (Wildman–Crippen MR) is 55.4 cm³/mol. The molecule has 0 aliphatic heterocycles. The van der Waals surface area contributed by atoms with Gasteiger partial charge in [-0.05, 0) is 19.4 Å². The Bertz CT molecular complexity index is 188. The van der Waals surface area contributed by atoms with Gasteiger partial charge in [0.15, 0.2) is 0 Å². The average molecular weight is 173 g/mol. The summed E-state index contributed by atoms with van der Waals surface area (Å²) in [4.78, 5) is 4.20. The Hall–Kier alpha value is 0.01000. The molecule has 0 heterocycles. The van der Waals surface area contributed by atoms with Crippen molar-refractivity contribution in [2.24, 2.45) is 4.99 Å². The summed E-state index contributed by atoms with van der Waals surface area (Å²) in [5.74, 6) is 0. The normalized spacial score (nSPS) is 14.6. The molecule has 0 amide bonds. The van der Waals surface area contributed by atoms with Gasteiger partial charge in [-0.15, -0.1) is 0 Å². The predicted octanol–water partition coefficient (Wildman–Crippen LogP) is 2.57. The highest BCUT2D eigenvalue weighted by molar-refractivity contribution is 7.40. The molecule has 2 unspecified atom stereocenters. The molecule has 0 aromatic heterocycles. The van der Waals surface area contributed by atoms with Crippen molar-refractivity contribution in [3.05, 3.63) is 23.7 Å². The van der Waals surface area contributed by atoms with Crippen LogP contribution in [0.25, 0.3) is 0 Å². The minimum absolute atomic E-state index is 0.947. The zero-order valence-electron chi connectivity index (χ0n) is 6.39. The monoisotopic (exact) mass is 173 g/mol. The van der Waals surface area contributed by atoms with Crippen LogP contribution in [-0.4, -0.2) is 5.45 Å². The fraction of sp³-hybridized carbons (Fsp3) is 0.286. The molecule has 0 saturated carbocycles. The van der Waals surface area contributed by atoms with Crippen LogP contribution in [0.1, 0.15) is 13.8 Å². The summed E-state index contributed by atoms with van der Waals surface area (Å²) < 4.78 is 0. The first kappa shape index (κ1) is 10.0. The summed E-state index contributed by atoms with van der Waals surface area (Å²) in [6, 6.07) is 0. The molecule has 0 N–H and O–H groups in total. The fourth-order valence-corrected chi connectivity index (χ4v) is 0.992. The highest BCUT2D eigenvalue weighted by Crippen LogP contribution is 2.15. The van der Waals surface area contributed by atoms with Crippen molar-refractivity contribution in [2.45, 2.75) is 13.8 Å². The van der Waals surface area contributed by atoms with Gasteiger partial charge >= 0.3 is 0 Å². The van der Waals surface area contributed by atoms with Gasteiger partial charge in [0, 0.05) is 5.45 Å². The molecule has 0 fully saturated rings. The first-order valence-corrected chi connectivity index (χ1v) is 4.13. The molecule has 0 spiro atoms. The average Bonchev–Trinajstić information content (AvgIpc) is 1.85. The van der Waals surface area contributed by atoms with Crippen LogP contribution in [0, 0.1) is 0 Å². The van der Waals surface area contributed by atoms with Crippen molar-refractivity contribution in [1.82, 2.24) is 0 Å². The highest BCUT2D eigenvalue weighted by atomic mass is 31.0. The van der Waals surface area contributed by atoms with E-state index >= 15 is 0 Å². The summed E-state index contributed by atoms with van der Waals surface area (Å²) in [7, 11) is 5.11. The van der Waals surface area contributed by atoms with Gasteiger partial charge in [-0.3, -0.25) is 4.99 Å². The molecule has 10 heavy (non-hydrogen) atoms. The Morgan fingerprint density at radius 2 is 1.90 bits per heavy atom. The molecule has 0 rings (SSSR count). The number of hydrogen-bond acceptors (Lipinski definition) is 1. The van der Waals surface area contributed by atoms with E-state index < -0.39 is 0 Å². The molecule has 0 aliphatic rings. The Balaban J connectivity index is 4.48. The van der Waals surface area contributed by atoms with Crippen LogP contribution in [-0.2, 0) is 0 Å². The summed E-state index contributed by atoms with van der Waals surface area (Å²) in [5, 5.41) is 0. The van der Waals surface area contributed by atoms with Gasteiger partial charge in [-0.1, -0.05) is 31.1 Å². The molecule has 56 valence electrons. The SMILES string of the molecule is C=C/C(C)=C(/P)N=C(C)P. The topological polar surface area (TPSA) is 12.4 Å². The Morgan fingerprint density at radius 1 is 1.40 bits per heavy atom. The minimum atomic E-state index is 0.947. The lowest BCUT2D eigenvalue weighted by Crippen LogP contribution is -1.77. The third-order valence-corrected chi connectivity index (χ3v) is 1.72. The molecule has 0 saturated heterocycles. The van der Waals surface area contributed by atoms with E-state index in [1.807, 2.05) is 13.8 Å². The van der Waals surface area contributed by atoms with E-state index in [1.54, 1.807) is 6.08 Å². The Labute approximate surface area is 67.1 Å². The van der Waals surface area contributed by atoms with E-state index in [1.165, 1.54) is 0 Å². The summed E-state index contributed by atoms with van der Waals surface area (Å²) in [5.41, 5.74) is 3.01. The van der Waals surface area contributed by atoms with Crippen LogP contribution >= 0.6 is 18.5 Å². The molecule has 3 heteroatoms. The van der Waals surface area contributed by atoms with Crippen molar-refractivity contribution < 1.29 is 0 Å². The maximum absolute atomic E-state index is 4.20. The van der Waals surface area contributed by atoms with Gasteiger partial charge in [0.05, 0.1) is 5.44 Å². The maximum atomic E-state index is 4.20. The molecule has 2 atom stereocenters. The minimum Gasteiger partial charge on any atom is -0.254 e. The number of aliphatic imine (C=N–C) groups is 1. The number of allylic oxidation sites excluding steroid dienone is 2. The van der Waals surface area contributed by atoms with Crippen molar-refractivity contribution >= 4 is 23.9 Å². The first-order valence-electron chi connectivity index (χ1n) is 2.97. The number of nitrogens with zero attached hydrogens (tertiary/aromatic N) is 1. The quantitative estimate of drug-likeness (QED) is 0.345. The molecule has 0 aromatic carbocycles. The van der Waals surface area contributed by atoms with E-state index in [4.69, 9.17) is 0 Å². The third-order valence-electron chi connectivity index (χ3n) is 1.01. The molecular weight excluding hydrogens is 160 g/mol. The van der Waals surface area contributed by atoms with Crippen LogP contribution in [0.4, 0.5) is 0 Å². The van der Waals surface area contributed by atoms with Gasteiger partial charge in [0.1, 0.15) is 0 Å². The molecule has 0 radical (unpaired) electrons. The van der Waals surface area contributed by atoms with Crippen molar-refractivity contribution in [3.63, 3.8) is 0 Å². The van der Waals surface area contributed by atoms with Crippen molar-refractivity contribution in [3.8, 4) is 0 Å². The number of rotatable bonds is 2. The lowest BCUT2D eigenvalue weighted by atomic mass is 10.3. The smallest absolute Gasteiger partial charge is 0.0601 e. The van der Waals surface area contributed by atoms with Gasteiger partial charge in [-0.25, -0.2) is 0 Å². The first-order chi connectivity index (χ1) is 4.57. The molecule has 1 nitrogen and oxygen atoms in total. The lowest BCUT2D eigenvalue weighted by Gasteiger charge is -1.96. The second kappa shape index (κ2) is 4.77. The van der Waals surface area contributed by atoms with E-state index in [2.05, 4.69) is 30.1 Å². The van der Waals surface area contributed by atoms with E-state index in [9.17, 15) is 0 Å². The van der Waals surface area contributed by atoms with Crippen molar-refractivity contribution in [2.75, 3.05) is 0 Å². The Morgan fingerprint density at radius 3 is 2.20 bits per heavy atom. The standard InChI is InChI=1S/C7H13NP2/c1-4-5(2)7(10)8-6(3)9/h4H,1,9-10H2,2-3H3/b7-5+,8-6?. The van der Waals surface area contributed by atoms with E-state index in [-0.39, 0.29) is 0 Å². The molecule has 0 aromatic rings. The van der Waals surface area contributed by atoms with Gasteiger partial charge in [0.25, 0.3) is 0 Å². The summed E-state index contributed by atoms with van der Waals surface area (Å²) in [6.45, 7) is 7.56. The zero-order valence-corrected chi connectivity index (χ0v) is 8.70. The zero-order chi connectivity index (χ0) is 8.15. The fourth-order valence-electron chi connectivity index (χ4n) is 0.383. The summed E-state index contributed by atoms with van der Waals surface area (Å²) >= 11 is 0. The molecular formula is C7H13NP2. The highest BCUT2D eigenvalue weighted by Gasteiger charge is 1.88. The van der Waals surface area contributed by atoms with E-state index in [0.717, 1.165) is 16.5 Å². The molecule has 0 bridgehead atoms. The van der Waals surface area contributed by atoms with Gasteiger partial charge < -0.3 is 0 Å². The Kier molecular flexibility index (Phi) is 4.77. The summed E-state index contributed by atoms with van der Waals surface area (Å²) in [6.07, 6.45) is 1.79. The van der Waals surface area contributed by atoms with Crippen LogP contribution in [0.5, 0.6) is 0 Å². The maximum Gasteiger partial charge on any atom is 0.0601 e. The van der Waals surface area contributed by atoms with Crippen LogP contribution in [0.3, 0.4) is 0 Å². The second-order valence-corrected chi connectivity index (χ2v) is 3.41. The van der Waals surface area contributed by atoms with Gasteiger partial charge in [0.2, 0.25) is 0 Å². The van der Waals surface area contributed by atoms with E-state index in [0.29, 0.717) is 0 Å². The molecule has 0 aliphatic carbocycles. The third kappa shape index (κ3) is 3.93. The van der Waals surface area contributed by atoms with Crippen LogP contribution in [0.15, 0.2) is 28.7 Å². The number of hydrogen-bond donors (Lipinski definition) is 0.